The highest BCUT2D eigenvalue weighted by Crippen LogP contribution is 2.27. The topological polar surface area (TPSA) is 66.9 Å². The van der Waals surface area contributed by atoms with E-state index in [1.165, 1.54) is 4.31 Å². The SMILES string of the molecule is COc1ccc(Cl)cc1CN(C)C(=O)C1CCN(S(=O)(=O)Cc2ccccc2)CC1. The predicted molar refractivity (Wildman–Crippen MR) is 118 cm³/mol. The van der Waals surface area contributed by atoms with Crippen LogP contribution in [-0.4, -0.2) is 50.8 Å². The zero-order valence-electron chi connectivity index (χ0n) is 17.3. The zero-order valence-corrected chi connectivity index (χ0v) is 18.8. The summed E-state index contributed by atoms with van der Waals surface area (Å²) in [6.45, 7) is 1.11. The van der Waals surface area contributed by atoms with Crippen molar-refractivity contribution in [2.75, 3.05) is 27.2 Å². The van der Waals surface area contributed by atoms with Crippen LogP contribution in [0.3, 0.4) is 0 Å². The highest BCUT2D eigenvalue weighted by atomic mass is 35.5. The number of ether oxygens (including phenoxy) is 1. The number of carbonyl (C=O) groups excluding carboxylic acids is 1. The summed E-state index contributed by atoms with van der Waals surface area (Å²) in [4.78, 5) is 14.6. The first-order chi connectivity index (χ1) is 14.3. The molecule has 0 radical (unpaired) electrons. The van der Waals surface area contributed by atoms with Crippen LogP contribution >= 0.6 is 11.6 Å². The molecule has 1 aliphatic heterocycles. The molecule has 1 amide bonds. The lowest BCUT2D eigenvalue weighted by atomic mass is 9.96. The fraction of sp³-hybridized carbons (Fsp3) is 0.409. The average Bonchev–Trinajstić information content (AvgIpc) is 2.74. The monoisotopic (exact) mass is 450 g/mol. The maximum atomic E-state index is 12.9. The minimum absolute atomic E-state index is 0.0112. The zero-order chi connectivity index (χ0) is 21.7. The molecule has 0 atom stereocenters. The standard InChI is InChI=1S/C22H27ClN2O4S/c1-24(15-19-14-20(23)8-9-21(19)29-2)22(26)18-10-12-25(13-11-18)30(27,28)16-17-6-4-3-5-7-17/h3-9,14,18H,10-13,15-16H2,1-2H3. The van der Waals surface area contributed by atoms with Crippen molar-refractivity contribution in [3.8, 4) is 5.75 Å². The van der Waals surface area contributed by atoms with Gasteiger partial charge in [-0.1, -0.05) is 41.9 Å². The number of carbonyl (C=O) groups is 1. The van der Waals surface area contributed by atoms with E-state index >= 15 is 0 Å². The molecule has 0 bridgehead atoms. The molecule has 0 unspecified atom stereocenters. The molecule has 0 aromatic heterocycles. The van der Waals surface area contributed by atoms with Crippen LogP contribution in [0, 0.1) is 5.92 Å². The molecule has 0 aliphatic carbocycles. The molecular weight excluding hydrogens is 424 g/mol. The summed E-state index contributed by atoms with van der Waals surface area (Å²) in [6, 6.07) is 14.5. The van der Waals surface area contributed by atoms with Crippen LogP contribution < -0.4 is 4.74 Å². The number of hydrogen-bond donors (Lipinski definition) is 0. The number of halogens is 1. The molecular formula is C22H27ClN2O4S. The van der Waals surface area contributed by atoms with E-state index in [1.54, 1.807) is 37.3 Å². The van der Waals surface area contributed by atoms with Crippen LogP contribution in [0.4, 0.5) is 0 Å². The van der Waals surface area contributed by atoms with Gasteiger partial charge in [-0.15, -0.1) is 0 Å². The third kappa shape index (κ3) is 5.53. The first-order valence-corrected chi connectivity index (χ1v) is 11.9. The van der Waals surface area contributed by atoms with Gasteiger partial charge in [-0.25, -0.2) is 12.7 Å². The van der Waals surface area contributed by atoms with Crippen LogP contribution in [0.5, 0.6) is 5.75 Å². The molecule has 2 aromatic rings. The largest absolute Gasteiger partial charge is 0.496 e. The highest BCUT2D eigenvalue weighted by Gasteiger charge is 2.32. The van der Waals surface area contributed by atoms with E-state index in [1.807, 2.05) is 30.3 Å². The number of methoxy groups -OCH3 is 1. The first-order valence-electron chi connectivity index (χ1n) is 9.89. The number of piperidine rings is 1. The van der Waals surface area contributed by atoms with Crippen molar-refractivity contribution >= 4 is 27.5 Å². The molecule has 3 rings (SSSR count). The second-order valence-corrected chi connectivity index (χ2v) is 9.97. The summed E-state index contributed by atoms with van der Waals surface area (Å²) in [7, 11) is -0.0562. The van der Waals surface area contributed by atoms with Crippen molar-refractivity contribution in [3.63, 3.8) is 0 Å². The molecule has 2 aromatic carbocycles. The summed E-state index contributed by atoms with van der Waals surface area (Å²) in [5, 5.41) is 0.587. The molecule has 1 saturated heterocycles. The molecule has 162 valence electrons. The summed E-state index contributed by atoms with van der Waals surface area (Å²) >= 11 is 6.08. The highest BCUT2D eigenvalue weighted by molar-refractivity contribution is 7.88. The summed E-state index contributed by atoms with van der Waals surface area (Å²) in [6.07, 6.45) is 1.04. The van der Waals surface area contributed by atoms with Crippen LogP contribution in [0.25, 0.3) is 0 Å². The third-order valence-electron chi connectivity index (χ3n) is 5.41. The van der Waals surface area contributed by atoms with Gasteiger partial charge in [0.1, 0.15) is 5.75 Å². The van der Waals surface area contributed by atoms with Crippen LogP contribution in [0.15, 0.2) is 48.5 Å². The molecule has 0 N–H and O–H groups in total. The van der Waals surface area contributed by atoms with Crippen molar-refractivity contribution in [2.24, 2.45) is 5.92 Å². The first kappa shape index (κ1) is 22.6. The van der Waals surface area contributed by atoms with Gasteiger partial charge in [0, 0.05) is 43.2 Å². The molecule has 0 saturated carbocycles. The molecule has 1 fully saturated rings. The van der Waals surface area contributed by atoms with E-state index in [0.717, 1.165) is 11.1 Å². The number of rotatable bonds is 7. The maximum Gasteiger partial charge on any atom is 0.225 e. The van der Waals surface area contributed by atoms with Gasteiger partial charge in [0.2, 0.25) is 15.9 Å². The molecule has 8 heteroatoms. The van der Waals surface area contributed by atoms with Gasteiger partial charge < -0.3 is 9.64 Å². The fourth-order valence-corrected chi connectivity index (χ4v) is 5.53. The second kappa shape index (κ2) is 9.81. The molecule has 0 spiro atoms. The number of hydrogen-bond acceptors (Lipinski definition) is 4. The van der Waals surface area contributed by atoms with E-state index in [-0.39, 0.29) is 17.6 Å². The van der Waals surface area contributed by atoms with Gasteiger partial charge in [-0.05, 0) is 36.6 Å². The van der Waals surface area contributed by atoms with Gasteiger partial charge in [-0.2, -0.15) is 0 Å². The molecule has 30 heavy (non-hydrogen) atoms. The van der Waals surface area contributed by atoms with Gasteiger partial charge >= 0.3 is 0 Å². The second-order valence-electron chi connectivity index (χ2n) is 7.57. The number of benzene rings is 2. The van der Waals surface area contributed by atoms with E-state index in [4.69, 9.17) is 16.3 Å². The Kier molecular flexibility index (Phi) is 7.39. The smallest absolute Gasteiger partial charge is 0.225 e. The van der Waals surface area contributed by atoms with E-state index in [0.29, 0.717) is 43.2 Å². The minimum atomic E-state index is -3.39. The van der Waals surface area contributed by atoms with Gasteiger partial charge in [0.25, 0.3) is 0 Å². The Morgan fingerprint density at radius 3 is 2.47 bits per heavy atom. The van der Waals surface area contributed by atoms with E-state index in [9.17, 15) is 13.2 Å². The molecule has 1 heterocycles. The maximum absolute atomic E-state index is 12.9. The molecule has 6 nitrogen and oxygen atoms in total. The van der Waals surface area contributed by atoms with Crippen molar-refractivity contribution < 1.29 is 17.9 Å². The van der Waals surface area contributed by atoms with Gasteiger partial charge in [0.15, 0.2) is 0 Å². The Morgan fingerprint density at radius 1 is 1.17 bits per heavy atom. The van der Waals surface area contributed by atoms with Crippen molar-refractivity contribution in [1.82, 2.24) is 9.21 Å². The number of amides is 1. The normalized spacial score (nSPS) is 15.7. The molecule has 1 aliphatic rings. The van der Waals surface area contributed by atoms with Crippen LogP contribution in [-0.2, 0) is 27.1 Å². The van der Waals surface area contributed by atoms with Gasteiger partial charge in [0.05, 0.1) is 12.9 Å². The lowest BCUT2D eigenvalue weighted by molar-refractivity contribution is -0.135. The van der Waals surface area contributed by atoms with Crippen LogP contribution in [0.1, 0.15) is 24.0 Å². The van der Waals surface area contributed by atoms with Crippen molar-refractivity contribution in [1.29, 1.82) is 0 Å². The lowest BCUT2D eigenvalue weighted by Gasteiger charge is -2.32. The van der Waals surface area contributed by atoms with Crippen molar-refractivity contribution in [3.05, 3.63) is 64.7 Å². The lowest BCUT2D eigenvalue weighted by Crippen LogP contribution is -2.43. The average molecular weight is 451 g/mol. The predicted octanol–water partition coefficient (Wildman–Crippen LogP) is 3.55. The Hall–Kier alpha value is -2.09. The minimum Gasteiger partial charge on any atom is -0.496 e. The Morgan fingerprint density at radius 2 is 1.83 bits per heavy atom. The van der Waals surface area contributed by atoms with Crippen molar-refractivity contribution in [2.45, 2.75) is 25.1 Å². The third-order valence-corrected chi connectivity index (χ3v) is 7.50. The fourth-order valence-electron chi connectivity index (χ4n) is 3.77. The summed E-state index contributed by atoms with van der Waals surface area (Å²) in [5.41, 5.74) is 1.61. The summed E-state index contributed by atoms with van der Waals surface area (Å²) in [5.74, 6) is 0.488. The van der Waals surface area contributed by atoms with E-state index in [2.05, 4.69) is 0 Å². The Labute approximate surface area is 183 Å². The Bertz CT molecular complexity index is 974. The summed E-state index contributed by atoms with van der Waals surface area (Å²) < 4.78 is 32.3. The van der Waals surface area contributed by atoms with E-state index < -0.39 is 10.0 Å². The Balaban J connectivity index is 1.58. The van der Waals surface area contributed by atoms with Crippen LogP contribution in [0.2, 0.25) is 5.02 Å². The number of nitrogens with zero attached hydrogens (tertiary/aromatic N) is 2. The van der Waals surface area contributed by atoms with Gasteiger partial charge in [-0.3, -0.25) is 4.79 Å². The quantitative estimate of drug-likeness (QED) is 0.647. The number of sulfonamides is 1.